The zero-order valence-corrected chi connectivity index (χ0v) is 17.2. The number of tetrazole rings is 1. The minimum absolute atomic E-state index is 0.0720. The quantitative estimate of drug-likeness (QED) is 0.489. The van der Waals surface area contributed by atoms with Crippen LogP contribution in [0.15, 0.2) is 54.6 Å². The number of aryl methyl sites for hydroxylation is 2. The molecule has 31 heavy (non-hydrogen) atoms. The van der Waals surface area contributed by atoms with Gasteiger partial charge in [-0.1, -0.05) is 54.6 Å². The predicted molar refractivity (Wildman–Crippen MR) is 114 cm³/mol. The lowest BCUT2D eigenvalue weighted by Crippen LogP contribution is -2.34. The fourth-order valence-corrected chi connectivity index (χ4v) is 3.71. The molecular weight excluding hydrogens is 394 g/mol. The molecule has 3 aromatic rings. The van der Waals surface area contributed by atoms with Gasteiger partial charge >= 0.3 is 5.97 Å². The summed E-state index contributed by atoms with van der Waals surface area (Å²) in [5, 5.41) is 14.3. The summed E-state index contributed by atoms with van der Waals surface area (Å²) in [5.41, 5.74) is 3.29. The Morgan fingerprint density at radius 3 is 2.71 bits per heavy atom. The highest BCUT2D eigenvalue weighted by atomic mass is 16.5. The van der Waals surface area contributed by atoms with Gasteiger partial charge in [0, 0.05) is 0 Å². The van der Waals surface area contributed by atoms with Crippen molar-refractivity contribution in [2.24, 2.45) is 0 Å². The van der Waals surface area contributed by atoms with Crippen LogP contribution in [0.3, 0.4) is 0 Å². The van der Waals surface area contributed by atoms with Crippen molar-refractivity contribution in [1.82, 2.24) is 25.5 Å². The second-order valence-corrected chi connectivity index (χ2v) is 7.37. The zero-order valence-electron chi connectivity index (χ0n) is 17.2. The van der Waals surface area contributed by atoms with Crippen molar-refractivity contribution in [3.63, 3.8) is 0 Å². The van der Waals surface area contributed by atoms with Gasteiger partial charge in [0.05, 0.1) is 6.04 Å². The first kappa shape index (κ1) is 20.5. The summed E-state index contributed by atoms with van der Waals surface area (Å²) in [6.45, 7) is 1.30. The molecule has 158 valence electrons. The lowest BCUT2D eigenvalue weighted by Gasteiger charge is -2.26. The van der Waals surface area contributed by atoms with Crippen LogP contribution < -0.4 is 5.32 Å². The highest BCUT2D eigenvalue weighted by Crippen LogP contribution is 2.29. The Morgan fingerprint density at radius 2 is 1.94 bits per heavy atom. The number of aromatic nitrogens is 4. The van der Waals surface area contributed by atoms with Crippen LogP contribution >= 0.6 is 0 Å². The Balaban J connectivity index is 1.44. The van der Waals surface area contributed by atoms with E-state index in [1.807, 2.05) is 48.5 Å². The van der Waals surface area contributed by atoms with Crippen molar-refractivity contribution < 1.29 is 14.3 Å². The Bertz CT molecular complexity index is 1110. The Morgan fingerprint density at radius 1 is 1.16 bits per heavy atom. The Labute approximate surface area is 179 Å². The summed E-state index contributed by atoms with van der Waals surface area (Å²) in [6.07, 6.45) is 4.50. The highest BCUT2D eigenvalue weighted by molar-refractivity contribution is 6.15. The van der Waals surface area contributed by atoms with E-state index in [1.165, 1.54) is 10.2 Å². The van der Waals surface area contributed by atoms with Crippen molar-refractivity contribution in [2.75, 3.05) is 6.61 Å². The van der Waals surface area contributed by atoms with Crippen molar-refractivity contribution in [3.05, 3.63) is 77.1 Å². The molecule has 8 heteroatoms. The molecule has 8 nitrogen and oxygen atoms in total. The van der Waals surface area contributed by atoms with Crippen LogP contribution in [0.1, 0.15) is 41.4 Å². The van der Waals surface area contributed by atoms with Crippen molar-refractivity contribution >= 4 is 23.6 Å². The van der Waals surface area contributed by atoms with E-state index in [1.54, 1.807) is 13.0 Å². The van der Waals surface area contributed by atoms with E-state index in [4.69, 9.17) is 4.74 Å². The summed E-state index contributed by atoms with van der Waals surface area (Å²) >= 11 is 0. The second-order valence-electron chi connectivity index (χ2n) is 7.37. The number of benzene rings is 2. The summed E-state index contributed by atoms with van der Waals surface area (Å²) < 4.78 is 6.61. The SMILES string of the molecule is Cc1nnnn1C(=Cc1ccccc1)C(=O)OCC(=O)NC1CCCc2ccccc21. The molecule has 0 aliphatic heterocycles. The van der Waals surface area contributed by atoms with Crippen molar-refractivity contribution in [1.29, 1.82) is 0 Å². The Kier molecular flexibility index (Phi) is 6.16. The van der Waals surface area contributed by atoms with Gasteiger partial charge in [-0.05, 0) is 59.4 Å². The number of nitrogens with zero attached hydrogens (tertiary/aromatic N) is 4. The molecule has 1 aliphatic rings. The number of hydrogen-bond donors (Lipinski definition) is 1. The van der Waals surface area contributed by atoms with Crippen LogP contribution in [0.4, 0.5) is 0 Å². The summed E-state index contributed by atoms with van der Waals surface area (Å²) in [4.78, 5) is 25.3. The standard InChI is InChI=1S/C23H23N5O3/c1-16-25-26-27-28(16)21(14-17-8-3-2-4-9-17)23(30)31-15-22(29)24-20-13-7-11-18-10-5-6-12-19(18)20/h2-6,8-10,12,14,20H,7,11,13,15H2,1H3,(H,24,29). The van der Waals surface area contributed by atoms with Crippen LogP contribution in [0.2, 0.25) is 0 Å². The molecule has 4 rings (SSSR count). The normalized spacial score (nSPS) is 15.8. The molecule has 1 aliphatic carbocycles. The van der Waals surface area contributed by atoms with Gasteiger partial charge in [-0.25, -0.2) is 4.79 Å². The lowest BCUT2D eigenvalue weighted by atomic mass is 9.88. The average molecular weight is 417 g/mol. The van der Waals surface area contributed by atoms with Gasteiger partial charge in [-0.2, -0.15) is 4.68 Å². The van der Waals surface area contributed by atoms with E-state index in [-0.39, 0.29) is 24.3 Å². The third-order valence-electron chi connectivity index (χ3n) is 5.20. The summed E-state index contributed by atoms with van der Waals surface area (Å²) in [6, 6.07) is 17.3. The Hall–Kier alpha value is -3.81. The molecule has 1 aromatic heterocycles. The number of amides is 1. The molecule has 0 saturated carbocycles. The number of hydrogen-bond acceptors (Lipinski definition) is 6. The first-order chi connectivity index (χ1) is 15.1. The lowest BCUT2D eigenvalue weighted by molar-refractivity contribution is -0.143. The van der Waals surface area contributed by atoms with Crippen LogP contribution in [0.5, 0.6) is 0 Å². The van der Waals surface area contributed by atoms with E-state index in [0.717, 1.165) is 30.4 Å². The van der Waals surface area contributed by atoms with Gasteiger partial charge in [0.25, 0.3) is 5.91 Å². The zero-order chi connectivity index (χ0) is 21.6. The van der Waals surface area contributed by atoms with E-state index in [9.17, 15) is 9.59 Å². The molecule has 0 bridgehead atoms. The predicted octanol–water partition coefficient (Wildman–Crippen LogP) is 2.72. The highest BCUT2D eigenvalue weighted by Gasteiger charge is 2.23. The molecule has 1 N–H and O–H groups in total. The fraction of sp³-hybridized carbons (Fsp3) is 0.261. The number of esters is 1. The van der Waals surface area contributed by atoms with E-state index >= 15 is 0 Å². The summed E-state index contributed by atoms with van der Waals surface area (Å²) in [7, 11) is 0. The molecule has 2 aromatic carbocycles. The average Bonchev–Trinajstić information content (AvgIpc) is 3.22. The number of carbonyl (C=O) groups excluding carboxylic acids is 2. The molecule has 0 radical (unpaired) electrons. The molecule has 1 amide bonds. The van der Waals surface area contributed by atoms with Crippen molar-refractivity contribution in [3.8, 4) is 0 Å². The van der Waals surface area contributed by atoms with Gasteiger partial charge in [-0.15, -0.1) is 5.10 Å². The van der Waals surface area contributed by atoms with Crippen LogP contribution in [0, 0.1) is 6.92 Å². The minimum atomic E-state index is -0.682. The number of nitrogens with one attached hydrogen (secondary N) is 1. The maximum Gasteiger partial charge on any atom is 0.357 e. The third-order valence-corrected chi connectivity index (χ3v) is 5.20. The largest absolute Gasteiger partial charge is 0.451 e. The molecule has 0 saturated heterocycles. The third kappa shape index (κ3) is 4.85. The summed E-state index contributed by atoms with van der Waals surface area (Å²) in [5.74, 6) is -0.594. The molecule has 1 atom stereocenters. The first-order valence-corrected chi connectivity index (χ1v) is 10.2. The maximum atomic E-state index is 12.8. The fourth-order valence-electron chi connectivity index (χ4n) is 3.71. The number of fused-ring (bicyclic) bond motifs is 1. The molecule has 0 spiro atoms. The molecular formula is C23H23N5O3. The topological polar surface area (TPSA) is 99.0 Å². The molecule has 1 unspecified atom stereocenters. The van der Waals surface area contributed by atoms with Gasteiger partial charge in [0.2, 0.25) is 0 Å². The molecule has 0 fully saturated rings. The van der Waals surface area contributed by atoms with Crippen LogP contribution in [-0.4, -0.2) is 38.7 Å². The van der Waals surface area contributed by atoms with Crippen LogP contribution in [0.25, 0.3) is 11.8 Å². The van der Waals surface area contributed by atoms with Crippen LogP contribution in [-0.2, 0) is 20.7 Å². The van der Waals surface area contributed by atoms with Crippen molar-refractivity contribution in [2.45, 2.75) is 32.2 Å². The van der Waals surface area contributed by atoms with E-state index in [2.05, 4.69) is 26.9 Å². The molecule has 1 heterocycles. The van der Waals surface area contributed by atoms with Gasteiger partial charge in [-0.3, -0.25) is 4.79 Å². The van der Waals surface area contributed by atoms with Gasteiger partial charge in [0.15, 0.2) is 18.1 Å². The maximum absolute atomic E-state index is 12.8. The second kappa shape index (κ2) is 9.34. The smallest absolute Gasteiger partial charge is 0.357 e. The van der Waals surface area contributed by atoms with Gasteiger partial charge in [0.1, 0.15) is 0 Å². The van der Waals surface area contributed by atoms with E-state index in [0.29, 0.717) is 5.82 Å². The first-order valence-electron chi connectivity index (χ1n) is 10.2. The van der Waals surface area contributed by atoms with E-state index < -0.39 is 5.97 Å². The monoisotopic (exact) mass is 417 g/mol. The van der Waals surface area contributed by atoms with Gasteiger partial charge < -0.3 is 10.1 Å². The number of carbonyl (C=O) groups is 2. The number of ether oxygens (including phenoxy) is 1. The minimum Gasteiger partial charge on any atom is -0.451 e. The number of rotatable bonds is 6.